The van der Waals surface area contributed by atoms with Crippen molar-refractivity contribution in [3.63, 3.8) is 0 Å². The molecule has 0 atom stereocenters. The monoisotopic (exact) mass is 395 g/mol. The topological polar surface area (TPSA) is 76.7 Å². The van der Waals surface area contributed by atoms with Gasteiger partial charge in [0.2, 0.25) is 5.91 Å². The number of hydrogen-bond acceptors (Lipinski definition) is 4. The maximum absolute atomic E-state index is 11.1. The fourth-order valence-electron chi connectivity index (χ4n) is 3.24. The van der Waals surface area contributed by atoms with Gasteiger partial charge in [-0.25, -0.2) is 0 Å². The van der Waals surface area contributed by atoms with Gasteiger partial charge in [-0.3, -0.25) is 9.79 Å². The molecular weight excluding hydrogens is 362 g/mol. The summed E-state index contributed by atoms with van der Waals surface area (Å²) in [7, 11) is 1.68. The van der Waals surface area contributed by atoms with Gasteiger partial charge in [-0.05, 0) is 48.2 Å². The molecule has 3 N–H and O–H groups in total. The molecule has 2 aromatic carbocycles. The molecular formula is C24H33N3O2. The van der Waals surface area contributed by atoms with Crippen molar-refractivity contribution in [3.05, 3.63) is 53.6 Å². The van der Waals surface area contributed by atoms with E-state index in [1.165, 1.54) is 0 Å². The molecule has 5 heteroatoms. The molecule has 0 aliphatic rings. The van der Waals surface area contributed by atoms with Crippen molar-refractivity contribution < 1.29 is 9.53 Å². The predicted molar refractivity (Wildman–Crippen MR) is 122 cm³/mol. The minimum absolute atomic E-state index is 0.297. The van der Waals surface area contributed by atoms with Gasteiger partial charge in [-0.2, -0.15) is 0 Å². The molecule has 0 heterocycles. The predicted octanol–water partition coefficient (Wildman–Crippen LogP) is 5.18. The number of para-hydroxylation sites is 1. The Kier molecular flexibility index (Phi) is 7.43. The Hall–Kier alpha value is -2.82. The highest BCUT2D eigenvalue weighted by Gasteiger charge is 2.27. The second kappa shape index (κ2) is 9.59. The maximum atomic E-state index is 11.1. The first-order chi connectivity index (χ1) is 13.7. The first-order valence-corrected chi connectivity index (χ1v) is 10.0. The molecule has 0 unspecified atom stereocenters. The Labute approximate surface area is 174 Å². The zero-order chi connectivity index (χ0) is 21.6. The Balaban J connectivity index is 2.40. The third kappa shape index (κ3) is 5.59. The highest BCUT2D eigenvalue weighted by Crippen LogP contribution is 2.35. The molecule has 0 fully saturated rings. The molecule has 0 aromatic heterocycles. The molecule has 156 valence electrons. The first kappa shape index (κ1) is 22.5. The van der Waals surface area contributed by atoms with Crippen LogP contribution in [0.15, 0.2) is 47.5 Å². The van der Waals surface area contributed by atoms with Gasteiger partial charge in [0, 0.05) is 29.8 Å². The normalized spacial score (nSPS) is 12.2. The van der Waals surface area contributed by atoms with Gasteiger partial charge < -0.3 is 15.8 Å². The van der Waals surface area contributed by atoms with Gasteiger partial charge in [0.1, 0.15) is 5.75 Å². The van der Waals surface area contributed by atoms with Crippen molar-refractivity contribution in [1.82, 2.24) is 0 Å². The number of ether oxygens (including phenoxy) is 1. The van der Waals surface area contributed by atoms with Gasteiger partial charge in [0.15, 0.2) is 0 Å². The van der Waals surface area contributed by atoms with Crippen molar-refractivity contribution in [1.29, 1.82) is 0 Å². The van der Waals surface area contributed by atoms with E-state index < -0.39 is 0 Å². The summed E-state index contributed by atoms with van der Waals surface area (Å²) >= 11 is 0. The lowest BCUT2D eigenvalue weighted by Crippen LogP contribution is -2.28. The van der Waals surface area contributed by atoms with Gasteiger partial charge in [-0.1, -0.05) is 45.9 Å². The van der Waals surface area contributed by atoms with E-state index in [4.69, 9.17) is 15.5 Å². The number of amides is 1. The Bertz CT molecular complexity index is 885. The standard InChI is InChI=1S/C24H33N3O2/c1-16(2)19-15-18(29-6)11-12-21(19)27-17(3)24(4,5)20-9-7-8-10-22(20)26-14-13-23(25)28/h7-12,15-16,26H,13-14H2,1-6H3,(H2,25,28)/b27-17-. The van der Waals surface area contributed by atoms with Crippen LogP contribution in [-0.4, -0.2) is 25.3 Å². The second-order valence-electron chi connectivity index (χ2n) is 8.09. The summed E-state index contributed by atoms with van der Waals surface area (Å²) < 4.78 is 5.38. The summed E-state index contributed by atoms with van der Waals surface area (Å²) in [5.41, 5.74) is 10.2. The van der Waals surface area contributed by atoms with E-state index in [-0.39, 0.29) is 11.3 Å². The third-order valence-electron chi connectivity index (χ3n) is 5.34. The summed E-state index contributed by atoms with van der Waals surface area (Å²) in [6, 6.07) is 14.2. The van der Waals surface area contributed by atoms with E-state index in [1.54, 1.807) is 7.11 Å². The van der Waals surface area contributed by atoms with Gasteiger partial charge in [0.05, 0.1) is 12.8 Å². The number of rotatable bonds is 9. The summed E-state index contributed by atoms with van der Waals surface area (Å²) in [4.78, 5) is 16.1. The molecule has 0 aliphatic heterocycles. The summed E-state index contributed by atoms with van der Waals surface area (Å²) in [5, 5.41) is 3.34. The second-order valence-corrected chi connectivity index (χ2v) is 8.09. The van der Waals surface area contributed by atoms with Crippen molar-refractivity contribution in [2.45, 2.75) is 52.4 Å². The van der Waals surface area contributed by atoms with Crippen LogP contribution in [0.25, 0.3) is 0 Å². The number of hydrogen-bond donors (Lipinski definition) is 2. The fraction of sp³-hybridized carbons (Fsp3) is 0.417. The minimum atomic E-state index is -0.312. The van der Waals surface area contributed by atoms with E-state index in [0.29, 0.717) is 18.9 Å². The summed E-state index contributed by atoms with van der Waals surface area (Å²) in [6.07, 6.45) is 0.297. The van der Waals surface area contributed by atoms with Crippen LogP contribution in [0.1, 0.15) is 58.1 Å². The number of methoxy groups -OCH3 is 1. The van der Waals surface area contributed by atoms with Crippen molar-refractivity contribution in [3.8, 4) is 5.75 Å². The third-order valence-corrected chi connectivity index (χ3v) is 5.34. The van der Waals surface area contributed by atoms with Crippen molar-refractivity contribution in [2.24, 2.45) is 10.7 Å². The summed E-state index contributed by atoms with van der Waals surface area (Å²) in [5.74, 6) is 0.865. The zero-order valence-corrected chi connectivity index (χ0v) is 18.4. The first-order valence-electron chi connectivity index (χ1n) is 10.0. The van der Waals surface area contributed by atoms with E-state index in [0.717, 1.165) is 34.0 Å². The van der Waals surface area contributed by atoms with E-state index in [2.05, 4.69) is 52.1 Å². The Morgan fingerprint density at radius 2 is 1.90 bits per heavy atom. The van der Waals surface area contributed by atoms with E-state index in [9.17, 15) is 4.79 Å². The van der Waals surface area contributed by atoms with Crippen LogP contribution in [0, 0.1) is 0 Å². The number of aliphatic imine (C=N–C) groups is 1. The quantitative estimate of drug-likeness (QED) is 0.575. The zero-order valence-electron chi connectivity index (χ0n) is 18.4. The van der Waals surface area contributed by atoms with Gasteiger partial charge >= 0.3 is 0 Å². The Morgan fingerprint density at radius 3 is 2.52 bits per heavy atom. The lowest BCUT2D eigenvalue weighted by molar-refractivity contribution is -0.117. The molecule has 0 spiro atoms. The molecule has 1 amide bonds. The van der Waals surface area contributed by atoms with Crippen LogP contribution in [0.5, 0.6) is 5.75 Å². The number of anilines is 1. The van der Waals surface area contributed by atoms with Crippen molar-refractivity contribution >= 4 is 23.0 Å². The number of primary amides is 1. The largest absolute Gasteiger partial charge is 0.497 e. The van der Waals surface area contributed by atoms with Crippen LogP contribution < -0.4 is 15.8 Å². The number of carbonyl (C=O) groups is 1. The fourth-order valence-corrected chi connectivity index (χ4v) is 3.24. The van der Waals surface area contributed by atoms with Gasteiger partial charge in [-0.15, -0.1) is 0 Å². The molecule has 0 aliphatic carbocycles. The lowest BCUT2D eigenvalue weighted by Gasteiger charge is -2.28. The number of nitrogens with one attached hydrogen (secondary N) is 1. The molecule has 0 saturated heterocycles. The minimum Gasteiger partial charge on any atom is -0.497 e. The highest BCUT2D eigenvalue weighted by atomic mass is 16.5. The molecule has 2 aromatic rings. The lowest BCUT2D eigenvalue weighted by atomic mass is 9.79. The van der Waals surface area contributed by atoms with Crippen molar-refractivity contribution in [2.75, 3.05) is 19.0 Å². The number of nitrogens with two attached hydrogens (primary N) is 1. The van der Waals surface area contributed by atoms with Crippen LogP contribution in [-0.2, 0) is 10.2 Å². The maximum Gasteiger partial charge on any atom is 0.219 e. The van der Waals surface area contributed by atoms with Gasteiger partial charge in [0.25, 0.3) is 0 Å². The van der Waals surface area contributed by atoms with Crippen LogP contribution >= 0.6 is 0 Å². The summed E-state index contributed by atoms with van der Waals surface area (Å²) in [6.45, 7) is 11.2. The van der Waals surface area contributed by atoms with E-state index in [1.807, 2.05) is 30.3 Å². The SMILES string of the molecule is COc1ccc(/N=C(/C)C(C)(C)c2ccccc2NCCC(N)=O)c(C(C)C)c1. The number of benzene rings is 2. The van der Waals surface area contributed by atoms with Crippen LogP contribution in [0.2, 0.25) is 0 Å². The number of carbonyl (C=O) groups excluding carboxylic acids is 1. The number of nitrogens with zero attached hydrogens (tertiary/aromatic N) is 1. The average Bonchev–Trinajstić information content (AvgIpc) is 2.68. The average molecular weight is 396 g/mol. The van der Waals surface area contributed by atoms with E-state index >= 15 is 0 Å². The Morgan fingerprint density at radius 1 is 1.21 bits per heavy atom. The smallest absolute Gasteiger partial charge is 0.219 e. The van der Waals surface area contributed by atoms with Crippen LogP contribution in [0.4, 0.5) is 11.4 Å². The highest BCUT2D eigenvalue weighted by molar-refractivity contribution is 5.95. The molecule has 0 saturated carbocycles. The molecule has 29 heavy (non-hydrogen) atoms. The molecule has 0 bridgehead atoms. The molecule has 5 nitrogen and oxygen atoms in total. The van der Waals surface area contributed by atoms with Crippen LogP contribution in [0.3, 0.4) is 0 Å². The molecule has 2 rings (SSSR count). The molecule has 0 radical (unpaired) electrons.